The molecule has 1 fully saturated rings. The van der Waals surface area contributed by atoms with E-state index in [1.165, 1.54) is 0 Å². The van der Waals surface area contributed by atoms with Crippen LogP contribution in [-0.2, 0) is 6.61 Å². The normalized spacial score (nSPS) is 14.3. The van der Waals surface area contributed by atoms with Gasteiger partial charge in [-0.3, -0.25) is 14.5 Å². The summed E-state index contributed by atoms with van der Waals surface area (Å²) >= 11 is 0. The predicted molar refractivity (Wildman–Crippen MR) is 135 cm³/mol. The zero-order valence-electron chi connectivity index (χ0n) is 19.9. The fourth-order valence-electron chi connectivity index (χ4n) is 4.48. The van der Waals surface area contributed by atoms with Crippen LogP contribution in [0.3, 0.4) is 0 Å². The number of nitrogens with two attached hydrogens (primary N) is 1. The first-order valence-electron chi connectivity index (χ1n) is 11.8. The molecule has 7 nitrogen and oxygen atoms in total. The minimum Gasteiger partial charge on any atom is -0.496 e. The van der Waals surface area contributed by atoms with Crippen LogP contribution in [0.25, 0.3) is 0 Å². The number of ether oxygens (including phenoxy) is 2. The Bertz CT molecular complexity index is 1170. The third-order valence-corrected chi connectivity index (χ3v) is 6.27. The molecule has 0 aliphatic carbocycles. The highest BCUT2D eigenvalue weighted by atomic mass is 16.5. The van der Waals surface area contributed by atoms with Crippen molar-refractivity contribution in [3.8, 4) is 11.5 Å². The lowest BCUT2D eigenvalue weighted by Crippen LogP contribution is -2.37. The second-order valence-electron chi connectivity index (χ2n) is 8.56. The highest BCUT2D eigenvalue weighted by Gasteiger charge is 2.26. The summed E-state index contributed by atoms with van der Waals surface area (Å²) in [6.07, 6.45) is 2.31. The molecule has 3 N–H and O–H groups in total. The molecule has 1 aliphatic heterocycles. The summed E-state index contributed by atoms with van der Waals surface area (Å²) in [7, 11) is 1.67. The molecular formula is C28H31N3O4. The number of nitrogens with zero attached hydrogens (tertiary/aromatic N) is 1. The van der Waals surface area contributed by atoms with E-state index in [0.717, 1.165) is 42.8 Å². The maximum Gasteiger partial charge on any atom is 0.252 e. The largest absolute Gasteiger partial charge is 0.496 e. The molecule has 2 amide bonds. The second-order valence-corrected chi connectivity index (χ2v) is 8.56. The van der Waals surface area contributed by atoms with Crippen LogP contribution in [0, 0.1) is 0 Å². The Labute approximate surface area is 205 Å². The molecular weight excluding hydrogens is 442 g/mol. The van der Waals surface area contributed by atoms with Crippen molar-refractivity contribution >= 4 is 11.8 Å². The highest BCUT2D eigenvalue weighted by Crippen LogP contribution is 2.31. The number of amides is 2. The summed E-state index contributed by atoms with van der Waals surface area (Å²) in [5.41, 5.74) is 8.20. The van der Waals surface area contributed by atoms with Gasteiger partial charge in [0.05, 0.1) is 18.7 Å². The van der Waals surface area contributed by atoms with Crippen LogP contribution < -0.4 is 20.5 Å². The molecule has 0 aromatic heterocycles. The Morgan fingerprint density at radius 3 is 2.43 bits per heavy atom. The maximum atomic E-state index is 13.1. The Morgan fingerprint density at radius 1 is 0.971 bits per heavy atom. The van der Waals surface area contributed by atoms with E-state index in [4.69, 9.17) is 15.2 Å². The molecule has 1 atom stereocenters. The van der Waals surface area contributed by atoms with Crippen molar-refractivity contribution in [1.29, 1.82) is 0 Å². The number of likely N-dealkylation sites (tertiary alicyclic amines) is 1. The molecule has 1 unspecified atom stereocenters. The third-order valence-electron chi connectivity index (χ3n) is 6.27. The molecule has 1 saturated heterocycles. The van der Waals surface area contributed by atoms with Gasteiger partial charge < -0.3 is 20.5 Å². The van der Waals surface area contributed by atoms with Gasteiger partial charge in [0, 0.05) is 17.7 Å². The van der Waals surface area contributed by atoms with Crippen LogP contribution in [0.15, 0.2) is 72.8 Å². The van der Waals surface area contributed by atoms with Gasteiger partial charge in [-0.15, -0.1) is 0 Å². The predicted octanol–water partition coefficient (Wildman–Crippen LogP) is 3.94. The molecule has 0 bridgehead atoms. The summed E-state index contributed by atoms with van der Waals surface area (Å²) in [5, 5.41) is 3.11. The molecule has 0 spiro atoms. The molecule has 0 saturated carbocycles. The van der Waals surface area contributed by atoms with Gasteiger partial charge in [-0.2, -0.15) is 0 Å². The number of carbonyl (C=O) groups excluding carboxylic acids is 2. The molecule has 3 aromatic carbocycles. The third kappa shape index (κ3) is 6.00. The van der Waals surface area contributed by atoms with E-state index in [-0.39, 0.29) is 18.6 Å². The average molecular weight is 474 g/mol. The van der Waals surface area contributed by atoms with Gasteiger partial charge in [-0.1, -0.05) is 42.5 Å². The van der Waals surface area contributed by atoms with Crippen LogP contribution in [-0.4, -0.2) is 43.5 Å². The number of hydrogen-bond donors (Lipinski definition) is 2. The fourth-order valence-corrected chi connectivity index (χ4v) is 4.48. The summed E-state index contributed by atoms with van der Waals surface area (Å²) < 4.78 is 11.4. The van der Waals surface area contributed by atoms with Gasteiger partial charge in [0.15, 0.2) is 0 Å². The fraction of sp³-hybridized carbons (Fsp3) is 0.286. The number of para-hydroxylation sites is 2. The number of nitrogens with one attached hydrogen (secondary N) is 1. The number of primary amides is 1. The van der Waals surface area contributed by atoms with E-state index in [1.807, 2.05) is 30.3 Å². The van der Waals surface area contributed by atoms with Gasteiger partial charge in [0.25, 0.3) is 11.8 Å². The highest BCUT2D eigenvalue weighted by molar-refractivity contribution is 5.95. The van der Waals surface area contributed by atoms with Gasteiger partial charge in [-0.05, 0) is 61.8 Å². The van der Waals surface area contributed by atoms with Gasteiger partial charge in [0.2, 0.25) is 0 Å². The first-order chi connectivity index (χ1) is 17.1. The summed E-state index contributed by atoms with van der Waals surface area (Å²) in [6.45, 7) is 2.69. The summed E-state index contributed by atoms with van der Waals surface area (Å²) in [4.78, 5) is 27.1. The van der Waals surface area contributed by atoms with Crippen molar-refractivity contribution in [3.63, 3.8) is 0 Å². The smallest absolute Gasteiger partial charge is 0.252 e. The monoisotopic (exact) mass is 473 g/mol. The quantitative estimate of drug-likeness (QED) is 0.465. The second kappa shape index (κ2) is 11.5. The lowest BCUT2D eigenvalue weighted by atomic mass is 10.0. The SMILES string of the molecule is COc1ccccc1C(CNC(=O)c1cccc(COc2ccccc2C(N)=O)c1)N1CCCC1. The van der Waals surface area contributed by atoms with Crippen LogP contribution >= 0.6 is 0 Å². The van der Waals surface area contributed by atoms with Crippen molar-refractivity contribution in [3.05, 3.63) is 95.1 Å². The minimum atomic E-state index is -0.545. The molecule has 3 aromatic rings. The topological polar surface area (TPSA) is 93.9 Å². The van der Waals surface area contributed by atoms with Crippen molar-refractivity contribution in [2.24, 2.45) is 5.73 Å². The molecule has 1 aliphatic rings. The molecule has 35 heavy (non-hydrogen) atoms. The molecule has 4 rings (SSSR count). The van der Waals surface area contributed by atoms with Crippen LogP contribution in [0.2, 0.25) is 0 Å². The van der Waals surface area contributed by atoms with Crippen LogP contribution in [0.1, 0.15) is 50.7 Å². The Kier molecular flexibility index (Phi) is 8.00. The summed E-state index contributed by atoms with van der Waals surface area (Å²) in [6, 6.07) is 22.2. The Hall–Kier alpha value is -3.84. The van der Waals surface area contributed by atoms with Crippen LogP contribution in [0.5, 0.6) is 11.5 Å². The molecule has 1 heterocycles. The standard InChI is InChI=1S/C28H31N3O4/c1-34-25-13-4-2-11-22(25)24(31-15-6-7-16-31)18-30-28(33)21-10-8-9-20(17-21)19-35-26-14-5-3-12-23(26)27(29)32/h2-5,8-14,17,24H,6-7,15-16,18-19H2,1H3,(H2,29,32)(H,30,33). The van der Waals surface area contributed by atoms with Gasteiger partial charge in [0.1, 0.15) is 18.1 Å². The Balaban J connectivity index is 1.44. The van der Waals surface area contributed by atoms with E-state index in [0.29, 0.717) is 23.4 Å². The number of hydrogen-bond acceptors (Lipinski definition) is 5. The van der Waals surface area contributed by atoms with E-state index in [2.05, 4.69) is 16.3 Å². The van der Waals surface area contributed by atoms with Gasteiger partial charge >= 0.3 is 0 Å². The minimum absolute atomic E-state index is 0.0365. The number of carbonyl (C=O) groups is 2. The van der Waals surface area contributed by atoms with E-state index >= 15 is 0 Å². The molecule has 7 heteroatoms. The first-order valence-corrected chi connectivity index (χ1v) is 11.8. The summed E-state index contributed by atoms with van der Waals surface area (Å²) in [5.74, 6) is 0.550. The van der Waals surface area contributed by atoms with Crippen molar-refractivity contribution < 1.29 is 19.1 Å². The number of methoxy groups -OCH3 is 1. The maximum absolute atomic E-state index is 13.1. The Morgan fingerprint density at radius 2 is 1.69 bits per heavy atom. The number of benzene rings is 3. The lowest BCUT2D eigenvalue weighted by molar-refractivity contribution is 0.0936. The zero-order chi connectivity index (χ0) is 24.6. The van der Waals surface area contributed by atoms with Crippen molar-refractivity contribution in [2.45, 2.75) is 25.5 Å². The zero-order valence-corrected chi connectivity index (χ0v) is 19.9. The molecule has 0 radical (unpaired) electrons. The molecule has 182 valence electrons. The van der Waals surface area contributed by atoms with E-state index in [9.17, 15) is 9.59 Å². The number of rotatable bonds is 10. The van der Waals surface area contributed by atoms with E-state index < -0.39 is 5.91 Å². The average Bonchev–Trinajstić information content (AvgIpc) is 3.43. The lowest BCUT2D eigenvalue weighted by Gasteiger charge is -2.29. The van der Waals surface area contributed by atoms with Crippen molar-refractivity contribution in [2.75, 3.05) is 26.7 Å². The van der Waals surface area contributed by atoms with Crippen LogP contribution in [0.4, 0.5) is 0 Å². The first kappa shape index (κ1) is 24.3. The van der Waals surface area contributed by atoms with Crippen molar-refractivity contribution in [1.82, 2.24) is 10.2 Å². The van der Waals surface area contributed by atoms with Gasteiger partial charge in [-0.25, -0.2) is 0 Å². The van der Waals surface area contributed by atoms with E-state index in [1.54, 1.807) is 43.5 Å².